The number of halogens is 1. The van der Waals surface area contributed by atoms with Crippen LogP contribution in [0.25, 0.3) is 11.2 Å². The molecule has 0 spiro atoms. The molecular formula is C25H33ClN5O6PSe. The maximum absolute atomic E-state index is 13.1. The number of nitrogens with one attached hydrogen (secondary N) is 1. The number of carbonyl (C=O) groups excluding carboxylic acids is 1. The molecule has 3 atom stereocenters. The summed E-state index contributed by atoms with van der Waals surface area (Å²) in [4.78, 5) is 25.7. The standard InChI is InChI=1S/C25H33ClN5O6PSe/c1-6-35-38(33,36-7-2)15-34-22-17(39-16-11-9-8-10-12-16)13-18(37-22)31-14-27-19-20(28-23(32)25(3,4)5)29-24(26)30-21(19)31/h8-12,14,17-18,22H,6-7,13,15H2,1-5H3,(H,28,29,30,32)/t17-,18+,22-/m0/s1. The van der Waals surface area contributed by atoms with Crippen LogP contribution in [0.3, 0.4) is 0 Å². The molecule has 1 aromatic carbocycles. The van der Waals surface area contributed by atoms with Gasteiger partial charge in [0.1, 0.15) is 0 Å². The minimum atomic E-state index is -3.43. The monoisotopic (exact) mass is 645 g/mol. The van der Waals surface area contributed by atoms with Crippen molar-refractivity contribution in [3.05, 3.63) is 41.9 Å². The van der Waals surface area contributed by atoms with Gasteiger partial charge in [-0.15, -0.1) is 0 Å². The summed E-state index contributed by atoms with van der Waals surface area (Å²) in [6.45, 7) is 9.40. The third-order valence-electron chi connectivity index (χ3n) is 5.73. The van der Waals surface area contributed by atoms with E-state index in [1.54, 1.807) is 45.5 Å². The molecule has 3 heterocycles. The molecule has 0 saturated carbocycles. The molecule has 4 rings (SSSR count). The molecule has 1 aliphatic rings. The first-order chi connectivity index (χ1) is 18.5. The second-order valence-corrected chi connectivity index (χ2v) is 14.9. The van der Waals surface area contributed by atoms with E-state index in [0.717, 1.165) is 0 Å². The van der Waals surface area contributed by atoms with Crippen LogP contribution in [0.4, 0.5) is 5.82 Å². The first-order valence-electron chi connectivity index (χ1n) is 12.6. The van der Waals surface area contributed by atoms with Gasteiger partial charge in [0.05, 0.1) is 0 Å². The van der Waals surface area contributed by atoms with Crippen molar-refractivity contribution >= 4 is 61.5 Å². The molecule has 1 fully saturated rings. The summed E-state index contributed by atoms with van der Waals surface area (Å²) < 4.78 is 39.2. The van der Waals surface area contributed by atoms with Crippen molar-refractivity contribution in [2.45, 2.75) is 58.4 Å². The van der Waals surface area contributed by atoms with Crippen LogP contribution in [0.1, 0.15) is 47.3 Å². The Hall–Kier alpha value is -1.88. The van der Waals surface area contributed by atoms with E-state index in [-0.39, 0.29) is 56.3 Å². The van der Waals surface area contributed by atoms with Crippen LogP contribution < -0.4 is 9.78 Å². The normalized spacial score (nSPS) is 20.0. The number of fused-ring (bicyclic) bond motifs is 1. The quantitative estimate of drug-likeness (QED) is 0.178. The van der Waals surface area contributed by atoms with Crippen molar-refractivity contribution in [1.29, 1.82) is 0 Å². The molecule has 1 aliphatic heterocycles. The topological polar surface area (TPSA) is 127 Å². The van der Waals surface area contributed by atoms with Crippen LogP contribution in [-0.4, -0.2) is 66.2 Å². The number of amides is 1. The first-order valence-corrected chi connectivity index (χ1v) is 16.6. The van der Waals surface area contributed by atoms with Crippen LogP contribution in [0.5, 0.6) is 0 Å². The molecule has 11 nitrogen and oxygen atoms in total. The van der Waals surface area contributed by atoms with Crippen molar-refractivity contribution in [3.63, 3.8) is 0 Å². The molecule has 0 unspecified atom stereocenters. The zero-order chi connectivity index (χ0) is 28.2. The zero-order valence-corrected chi connectivity index (χ0v) is 25.9. The average Bonchev–Trinajstić information content (AvgIpc) is 3.47. The SMILES string of the molecule is CCOP(=O)(CO[C@H]1O[C@@H](n2cnc3c(NC(=O)C(C)(C)C)nc(Cl)nc32)C[C@@H]1[Se]c1ccccc1)OCC. The van der Waals surface area contributed by atoms with E-state index in [9.17, 15) is 9.36 Å². The van der Waals surface area contributed by atoms with Crippen LogP contribution in [0.2, 0.25) is 10.1 Å². The van der Waals surface area contributed by atoms with E-state index in [4.69, 9.17) is 30.1 Å². The Morgan fingerprint density at radius 1 is 1.21 bits per heavy atom. The summed E-state index contributed by atoms with van der Waals surface area (Å²) >= 11 is 6.23. The van der Waals surface area contributed by atoms with Crippen molar-refractivity contribution < 1.29 is 27.9 Å². The van der Waals surface area contributed by atoms with Crippen LogP contribution in [-0.2, 0) is 27.9 Å². The molecule has 212 valence electrons. The number of nitrogens with zero attached hydrogens (tertiary/aromatic N) is 4. The van der Waals surface area contributed by atoms with Gasteiger partial charge in [0.2, 0.25) is 0 Å². The number of ether oxygens (including phenoxy) is 2. The van der Waals surface area contributed by atoms with Crippen LogP contribution in [0, 0.1) is 5.41 Å². The predicted octanol–water partition coefficient (Wildman–Crippen LogP) is 4.77. The van der Waals surface area contributed by atoms with Gasteiger partial charge < -0.3 is 0 Å². The maximum atomic E-state index is 13.1. The summed E-state index contributed by atoms with van der Waals surface area (Å²) in [6, 6.07) is 10.1. The average molecular weight is 645 g/mol. The van der Waals surface area contributed by atoms with Gasteiger partial charge in [0.25, 0.3) is 0 Å². The number of rotatable bonds is 11. The van der Waals surface area contributed by atoms with Gasteiger partial charge in [-0.25, -0.2) is 0 Å². The Kier molecular flexibility index (Phi) is 9.83. The van der Waals surface area contributed by atoms with Gasteiger partial charge in [-0.2, -0.15) is 0 Å². The van der Waals surface area contributed by atoms with E-state index in [0.29, 0.717) is 17.6 Å². The molecule has 0 bridgehead atoms. The number of benzene rings is 1. The Labute approximate surface area is 239 Å². The van der Waals surface area contributed by atoms with E-state index in [2.05, 4.69) is 32.4 Å². The zero-order valence-electron chi connectivity index (χ0n) is 22.5. The number of imidazole rings is 1. The molecular weight excluding hydrogens is 612 g/mol. The van der Waals surface area contributed by atoms with Gasteiger partial charge in [-0.3, -0.25) is 0 Å². The Morgan fingerprint density at radius 3 is 2.54 bits per heavy atom. The Morgan fingerprint density at radius 2 is 1.90 bits per heavy atom. The van der Waals surface area contributed by atoms with Gasteiger partial charge in [0.15, 0.2) is 0 Å². The Balaban J connectivity index is 1.61. The number of aromatic nitrogens is 4. The van der Waals surface area contributed by atoms with Crippen LogP contribution >= 0.6 is 19.2 Å². The van der Waals surface area contributed by atoms with Gasteiger partial charge >= 0.3 is 240 Å². The molecule has 39 heavy (non-hydrogen) atoms. The van der Waals surface area contributed by atoms with Crippen molar-refractivity contribution in [1.82, 2.24) is 19.5 Å². The van der Waals surface area contributed by atoms with E-state index in [1.165, 1.54) is 4.46 Å². The Bertz CT molecular complexity index is 1330. The summed E-state index contributed by atoms with van der Waals surface area (Å²) in [7, 11) is -3.43. The second kappa shape index (κ2) is 12.7. The molecule has 1 amide bonds. The van der Waals surface area contributed by atoms with Crippen molar-refractivity contribution in [2.24, 2.45) is 5.41 Å². The van der Waals surface area contributed by atoms with Gasteiger partial charge in [-0.05, 0) is 0 Å². The third-order valence-corrected chi connectivity index (χ3v) is 10.3. The van der Waals surface area contributed by atoms with E-state index < -0.39 is 25.5 Å². The van der Waals surface area contributed by atoms with Crippen molar-refractivity contribution in [3.8, 4) is 0 Å². The molecule has 2 aromatic heterocycles. The minimum absolute atomic E-state index is 0.0171. The summed E-state index contributed by atoms with van der Waals surface area (Å²) in [5.41, 5.74) is 0.179. The van der Waals surface area contributed by atoms with Gasteiger partial charge in [-0.1, -0.05) is 0 Å². The fraction of sp³-hybridized carbons (Fsp3) is 0.520. The van der Waals surface area contributed by atoms with Crippen LogP contribution in [0.15, 0.2) is 36.7 Å². The molecule has 0 radical (unpaired) electrons. The molecule has 1 N–H and O–H groups in total. The fourth-order valence-corrected chi connectivity index (χ4v) is 7.84. The molecule has 1 saturated heterocycles. The molecule has 0 aliphatic carbocycles. The number of hydrogen-bond acceptors (Lipinski definition) is 9. The number of carbonyl (C=O) groups is 1. The van der Waals surface area contributed by atoms with Crippen molar-refractivity contribution in [2.75, 3.05) is 24.9 Å². The molecule has 14 heteroatoms. The fourth-order valence-electron chi connectivity index (χ4n) is 3.86. The second-order valence-electron chi connectivity index (χ2n) is 9.78. The van der Waals surface area contributed by atoms with Gasteiger partial charge in [0, 0.05) is 0 Å². The molecule has 3 aromatic rings. The summed E-state index contributed by atoms with van der Waals surface area (Å²) in [5.74, 6) is 0.00578. The third kappa shape index (κ3) is 7.45. The van der Waals surface area contributed by atoms with E-state index in [1.807, 2.05) is 18.2 Å². The summed E-state index contributed by atoms with van der Waals surface area (Å²) in [5, 5.41) is 2.78. The number of hydrogen-bond donors (Lipinski definition) is 1. The predicted molar refractivity (Wildman–Crippen MR) is 149 cm³/mol. The van der Waals surface area contributed by atoms with E-state index >= 15 is 0 Å². The first kappa shape index (κ1) is 30.1. The number of anilines is 1. The summed E-state index contributed by atoms with van der Waals surface area (Å²) in [6.07, 6.45) is 0.789.